The molecule has 6 heteroatoms. The molecule has 116 valence electrons. The molecular weight excluding hydrogens is 368 g/mol. The van der Waals surface area contributed by atoms with Gasteiger partial charge in [-0.1, -0.05) is 35.0 Å². The Bertz CT molecular complexity index is 813. The Kier molecular flexibility index (Phi) is 5.03. The fourth-order valence-electron chi connectivity index (χ4n) is 1.90. The van der Waals surface area contributed by atoms with E-state index in [-0.39, 0.29) is 28.4 Å². The van der Waals surface area contributed by atoms with Crippen molar-refractivity contribution in [1.82, 2.24) is 0 Å². The van der Waals surface area contributed by atoms with Gasteiger partial charge in [0.15, 0.2) is 11.5 Å². The third kappa shape index (κ3) is 3.56. The quantitative estimate of drug-likeness (QED) is 0.576. The lowest BCUT2D eigenvalue weighted by molar-refractivity contribution is 0.0986. The Hall–Kier alpha value is -1.66. The van der Waals surface area contributed by atoms with Crippen LogP contribution < -0.4 is 4.18 Å². The first-order valence-electron chi connectivity index (χ1n) is 6.68. The summed E-state index contributed by atoms with van der Waals surface area (Å²) in [5.74, 6) is -0.118. The molecule has 22 heavy (non-hydrogen) atoms. The van der Waals surface area contributed by atoms with Gasteiger partial charge in [-0.2, -0.15) is 8.42 Å². The second-order valence-corrected chi connectivity index (χ2v) is 7.12. The fraction of sp³-hybridized carbons (Fsp3) is 0.188. The van der Waals surface area contributed by atoms with E-state index >= 15 is 0 Å². The molecule has 0 aliphatic heterocycles. The average molecular weight is 383 g/mol. The zero-order valence-electron chi connectivity index (χ0n) is 12.2. The third-order valence-electron chi connectivity index (χ3n) is 3.13. The van der Waals surface area contributed by atoms with Crippen molar-refractivity contribution in [3.05, 3.63) is 58.1 Å². The van der Waals surface area contributed by atoms with Crippen molar-refractivity contribution in [2.75, 3.05) is 0 Å². The third-order valence-corrected chi connectivity index (χ3v) is 5.25. The Labute approximate surface area is 138 Å². The van der Waals surface area contributed by atoms with Gasteiger partial charge in [0.25, 0.3) is 0 Å². The van der Waals surface area contributed by atoms with Crippen molar-refractivity contribution in [2.45, 2.75) is 25.2 Å². The van der Waals surface area contributed by atoms with Crippen LogP contribution in [0.4, 0.5) is 0 Å². The number of rotatable bonds is 5. The van der Waals surface area contributed by atoms with Crippen LogP contribution >= 0.6 is 15.9 Å². The molecular formula is C16H15BrO4S. The topological polar surface area (TPSA) is 60.4 Å². The molecule has 0 aromatic heterocycles. The molecule has 0 radical (unpaired) electrons. The fourth-order valence-corrected chi connectivity index (χ4v) is 3.18. The summed E-state index contributed by atoms with van der Waals surface area (Å²) in [5, 5.41) is 0. The number of hydrogen-bond acceptors (Lipinski definition) is 4. The van der Waals surface area contributed by atoms with Crippen molar-refractivity contribution >= 4 is 31.8 Å². The lowest BCUT2D eigenvalue weighted by atomic mass is 10.1. The van der Waals surface area contributed by atoms with Gasteiger partial charge in [-0.3, -0.25) is 4.79 Å². The zero-order valence-corrected chi connectivity index (χ0v) is 14.6. The summed E-state index contributed by atoms with van der Waals surface area (Å²) in [6.45, 7) is 3.50. The summed E-state index contributed by atoms with van der Waals surface area (Å²) < 4.78 is 30.7. The predicted molar refractivity (Wildman–Crippen MR) is 87.8 cm³/mol. The van der Waals surface area contributed by atoms with Crippen LogP contribution in [-0.2, 0) is 10.1 Å². The first-order valence-corrected chi connectivity index (χ1v) is 8.88. The summed E-state index contributed by atoms with van der Waals surface area (Å²) in [7, 11) is -3.99. The van der Waals surface area contributed by atoms with E-state index < -0.39 is 10.1 Å². The maximum absolute atomic E-state index is 12.4. The highest BCUT2D eigenvalue weighted by Gasteiger charge is 2.20. The highest BCUT2D eigenvalue weighted by Crippen LogP contribution is 2.26. The van der Waals surface area contributed by atoms with Gasteiger partial charge >= 0.3 is 10.1 Å². The summed E-state index contributed by atoms with van der Waals surface area (Å²) in [6, 6.07) is 11.0. The Morgan fingerprint density at radius 1 is 1.18 bits per heavy atom. The minimum absolute atomic E-state index is 0.0481. The average Bonchev–Trinajstić information content (AvgIpc) is 2.49. The predicted octanol–water partition coefficient (Wildman–Crippen LogP) is 4.12. The Balaban J connectivity index is 2.41. The minimum Gasteiger partial charge on any atom is -0.378 e. The van der Waals surface area contributed by atoms with E-state index in [1.807, 2.05) is 0 Å². The van der Waals surface area contributed by atoms with E-state index in [0.717, 1.165) is 10.0 Å². The normalized spacial score (nSPS) is 11.2. The molecule has 2 rings (SSSR count). The van der Waals surface area contributed by atoms with Crippen LogP contribution in [0.15, 0.2) is 51.8 Å². The number of halogens is 1. The van der Waals surface area contributed by atoms with Crippen LogP contribution in [0, 0.1) is 6.92 Å². The van der Waals surface area contributed by atoms with Crippen LogP contribution in [0.25, 0.3) is 0 Å². The molecule has 0 fully saturated rings. The minimum atomic E-state index is -3.99. The number of hydrogen-bond donors (Lipinski definition) is 0. The lowest BCUT2D eigenvalue weighted by Gasteiger charge is -2.11. The molecule has 2 aromatic carbocycles. The van der Waals surface area contributed by atoms with E-state index in [2.05, 4.69) is 15.9 Å². The summed E-state index contributed by atoms with van der Waals surface area (Å²) in [6.07, 6.45) is 0.276. The van der Waals surface area contributed by atoms with Gasteiger partial charge in [-0.15, -0.1) is 0 Å². The number of carbonyl (C=O) groups is 1. The second kappa shape index (κ2) is 6.62. The van der Waals surface area contributed by atoms with Crippen molar-refractivity contribution in [3.63, 3.8) is 0 Å². The first kappa shape index (κ1) is 16.7. The van der Waals surface area contributed by atoms with Crippen LogP contribution in [0.3, 0.4) is 0 Å². The summed E-state index contributed by atoms with van der Waals surface area (Å²) in [5.41, 5.74) is 1.05. The molecule has 0 spiro atoms. The number of carbonyl (C=O) groups excluding carboxylic acids is 1. The van der Waals surface area contributed by atoms with Gasteiger partial charge in [0, 0.05) is 10.9 Å². The van der Waals surface area contributed by atoms with Crippen LogP contribution in [0.2, 0.25) is 0 Å². The molecule has 0 atom stereocenters. The number of benzene rings is 2. The number of para-hydroxylation sites is 1. The molecule has 0 aliphatic carbocycles. The molecule has 0 bridgehead atoms. The molecule has 0 unspecified atom stereocenters. The van der Waals surface area contributed by atoms with E-state index in [9.17, 15) is 13.2 Å². The molecule has 0 heterocycles. The smallest absolute Gasteiger partial charge is 0.339 e. The molecule has 0 saturated heterocycles. The molecule has 0 amide bonds. The molecule has 2 aromatic rings. The van der Waals surface area contributed by atoms with Crippen molar-refractivity contribution in [3.8, 4) is 5.75 Å². The van der Waals surface area contributed by atoms with Gasteiger partial charge in [-0.05, 0) is 42.8 Å². The Morgan fingerprint density at radius 2 is 1.86 bits per heavy atom. The van der Waals surface area contributed by atoms with E-state index in [4.69, 9.17) is 4.18 Å². The monoisotopic (exact) mass is 382 g/mol. The highest BCUT2D eigenvalue weighted by molar-refractivity contribution is 9.10. The van der Waals surface area contributed by atoms with Gasteiger partial charge in [0.2, 0.25) is 0 Å². The number of ketones is 1. The Morgan fingerprint density at radius 3 is 2.50 bits per heavy atom. The highest BCUT2D eigenvalue weighted by atomic mass is 79.9. The van der Waals surface area contributed by atoms with Crippen LogP contribution in [0.5, 0.6) is 5.75 Å². The van der Waals surface area contributed by atoms with Crippen molar-refractivity contribution in [2.24, 2.45) is 0 Å². The lowest BCUT2D eigenvalue weighted by Crippen LogP contribution is -2.12. The standard InChI is InChI=1S/C16H15BrO4S/c1-3-15(18)13-6-4-5-7-16(13)21-22(19,20)12-8-9-14(17)11(2)10-12/h4-10H,3H2,1-2H3. The van der Waals surface area contributed by atoms with Gasteiger partial charge < -0.3 is 4.18 Å². The maximum Gasteiger partial charge on any atom is 0.339 e. The van der Waals surface area contributed by atoms with E-state index in [0.29, 0.717) is 0 Å². The number of Topliss-reactive ketones (excluding diaryl/α,β-unsaturated/α-hetero) is 1. The van der Waals surface area contributed by atoms with E-state index in [1.54, 1.807) is 38.1 Å². The SMILES string of the molecule is CCC(=O)c1ccccc1OS(=O)(=O)c1ccc(Br)c(C)c1. The zero-order chi connectivity index (χ0) is 16.3. The van der Waals surface area contributed by atoms with Gasteiger partial charge in [0.1, 0.15) is 4.90 Å². The van der Waals surface area contributed by atoms with Gasteiger partial charge in [0.05, 0.1) is 5.56 Å². The van der Waals surface area contributed by atoms with Crippen LogP contribution in [0.1, 0.15) is 29.3 Å². The van der Waals surface area contributed by atoms with Gasteiger partial charge in [-0.25, -0.2) is 0 Å². The second-order valence-electron chi connectivity index (χ2n) is 4.72. The summed E-state index contributed by atoms with van der Waals surface area (Å²) in [4.78, 5) is 11.9. The molecule has 4 nitrogen and oxygen atoms in total. The first-order chi connectivity index (χ1) is 10.3. The molecule has 0 saturated carbocycles. The van der Waals surface area contributed by atoms with Crippen molar-refractivity contribution < 1.29 is 17.4 Å². The van der Waals surface area contributed by atoms with Crippen molar-refractivity contribution in [1.29, 1.82) is 0 Å². The largest absolute Gasteiger partial charge is 0.378 e. The molecule has 0 aliphatic rings. The maximum atomic E-state index is 12.4. The number of aryl methyl sites for hydroxylation is 1. The van der Waals surface area contributed by atoms with E-state index in [1.165, 1.54) is 18.2 Å². The summed E-state index contributed by atoms with van der Waals surface area (Å²) >= 11 is 3.32. The molecule has 0 N–H and O–H groups in total. The van der Waals surface area contributed by atoms with Crippen LogP contribution in [-0.4, -0.2) is 14.2 Å².